The highest BCUT2D eigenvalue weighted by atomic mass is 79.9. The summed E-state index contributed by atoms with van der Waals surface area (Å²) in [6.45, 7) is 2.41. The van der Waals surface area contributed by atoms with Crippen LogP contribution in [0.4, 0.5) is 18.9 Å². The summed E-state index contributed by atoms with van der Waals surface area (Å²) < 4.78 is 41.8. The topological polar surface area (TPSA) is 21.3 Å². The Morgan fingerprint density at radius 1 is 1.30 bits per heavy atom. The maximum absolute atomic E-state index is 12.3. The number of hydrogen-bond donors (Lipinski definition) is 1. The van der Waals surface area contributed by atoms with Crippen LogP contribution in [0.15, 0.2) is 34.8 Å². The van der Waals surface area contributed by atoms with Crippen molar-refractivity contribution in [2.24, 2.45) is 0 Å². The van der Waals surface area contributed by atoms with E-state index in [4.69, 9.17) is 0 Å². The van der Waals surface area contributed by atoms with Gasteiger partial charge in [-0.15, -0.1) is 24.5 Å². The Morgan fingerprint density at radius 2 is 2.00 bits per heavy atom. The molecule has 1 aromatic carbocycles. The van der Waals surface area contributed by atoms with Crippen LogP contribution in [0.5, 0.6) is 5.75 Å². The minimum absolute atomic E-state index is 0.229. The van der Waals surface area contributed by atoms with E-state index in [9.17, 15) is 13.2 Å². The number of halogens is 4. The smallest absolute Gasteiger partial charge is 0.404 e. The number of para-hydroxylation sites is 2. The molecule has 0 atom stereocenters. The third-order valence-electron chi connectivity index (χ3n) is 2.47. The summed E-state index contributed by atoms with van der Waals surface area (Å²) in [7, 11) is 0. The van der Waals surface area contributed by atoms with E-state index in [2.05, 4.69) is 26.0 Å². The van der Waals surface area contributed by atoms with Crippen molar-refractivity contribution in [1.82, 2.24) is 0 Å². The van der Waals surface area contributed by atoms with E-state index < -0.39 is 6.36 Å². The predicted molar refractivity (Wildman–Crippen MR) is 77.2 cm³/mol. The fourth-order valence-corrected chi connectivity index (χ4v) is 3.16. The molecular formula is C13H11BrF3NOS. The molecule has 2 nitrogen and oxygen atoms in total. The average Bonchev–Trinajstić information content (AvgIpc) is 2.66. The number of ether oxygens (including phenoxy) is 1. The van der Waals surface area contributed by atoms with Gasteiger partial charge in [0.05, 0.1) is 5.69 Å². The van der Waals surface area contributed by atoms with Crippen LogP contribution in [0.2, 0.25) is 0 Å². The first kappa shape index (κ1) is 15.2. The highest BCUT2D eigenvalue weighted by Crippen LogP contribution is 2.31. The van der Waals surface area contributed by atoms with E-state index in [0.29, 0.717) is 12.2 Å². The molecule has 20 heavy (non-hydrogen) atoms. The van der Waals surface area contributed by atoms with E-state index in [0.717, 1.165) is 14.2 Å². The van der Waals surface area contributed by atoms with Gasteiger partial charge in [-0.3, -0.25) is 0 Å². The molecule has 7 heteroatoms. The predicted octanol–water partition coefficient (Wildman–Crippen LogP) is 5.33. The fourth-order valence-electron chi connectivity index (χ4n) is 1.61. The summed E-state index contributed by atoms with van der Waals surface area (Å²) in [6.07, 6.45) is -4.69. The first-order valence-electron chi connectivity index (χ1n) is 5.68. The zero-order valence-electron chi connectivity index (χ0n) is 10.4. The molecular weight excluding hydrogens is 355 g/mol. The Hall–Kier alpha value is -1.21. The van der Waals surface area contributed by atoms with Crippen molar-refractivity contribution in [1.29, 1.82) is 0 Å². The molecule has 0 amide bonds. The maximum Gasteiger partial charge on any atom is 0.573 e. The SMILES string of the molecule is Cc1sc(CNc2ccccc2OC(F)(F)F)cc1Br. The highest BCUT2D eigenvalue weighted by Gasteiger charge is 2.32. The summed E-state index contributed by atoms with van der Waals surface area (Å²) in [6, 6.07) is 7.93. The van der Waals surface area contributed by atoms with Gasteiger partial charge in [-0.05, 0) is 41.1 Å². The normalized spacial score (nSPS) is 11.4. The van der Waals surface area contributed by atoms with Gasteiger partial charge < -0.3 is 10.1 Å². The Labute approximate surface area is 126 Å². The number of hydrogen-bond acceptors (Lipinski definition) is 3. The van der Waals surface area contributed by atoms with Gasteiger partial charge in [-0.2, -0.15) is 0 Å². The number of benzene rings is 1. The van der Waals surface area contributed by atoms with E-state index in [1.165, 1.54) is 12.1 Å². The molecule has 0 saturated carbocycles. The molecule has 0 saturated heterocycles. The molecule has 0 fully saturated rings. The van der Waals surface area contributed by atoms with Gasteiger partial charge in [-0.1, -0.05) is 12.1 Å². The van der Waals surface area contributed by atoms with Gasteiger partial charge in [0.1, 0.15) is 0 Å². The summed E-state index contributed by atoms with van der Waals surface area (Å²) in [5, 5.41) is 2.96. The van der Waals surface area contributed by atoms with Crippen molar-refractivity contribution in [2.45, 2.75) is 19.8 Å². The molecule has 0 bridgehead atoms. The van der Waals surface area contributed by atoms with Crippen molar-refractivity contribution < 1.29 is 17.9 Å². The van der Waals surface area contributed by atoms with E-state index in [1.807, 2.05) is 13.0 Å². The van der Waals surface area contributed by atoms with Crippen molar-refractivity contribution in [3.63, 3.8) is 0 Å². The van der Waals surface area contributed by atoms with Gasteiger partial charge in [0, 0.05) is 20.8 Å². The van der Waals surface area contributed by atoms with Crippen LogP contribution in [0.3, 0.4) is 0 Å². The lowest BCUT2D eigenvalue weighted by molar-refractivity contribution is -0.274. The molecule has 1 aromatic heterocycles. The summed E-state index contributed by atoms with van der Waals surface area (Å²) in [5.41, 5.74) is 0.312. The van der Waals surface area contributed by atoms with Crippen LogP contribution in [-0.2, 0) is 6.54 Å². The molecule has 0 radical (unpaired) electrons. The summed E-state index contributed by atoms with van der Waals surface area (Å²) in [4.78, 5) is 2.15. The van der Waals surface area contributed by atoms with Crippen molar-refractivity contribution in [2.75, 3.05) is 5.32 Å². The molecule has 0 aliphatic carbocycles. The first-order valence-corrected chi connectivity index (χ1v) is 7.29. The Kier molecular flexibility index (Phi) is 4.59. The number of anilines is 1. The van der Waals surface area contributed by atoms with Crippen LogP contribution >= 0.6 is 27.3 Å². The van der Waals surface area contributed by atoms with Gasteiger partial charge in [0.25, 0.3) is 0 Å². The zero-order chi connectivity index (χ0) is 14.8. The average molecular weight is 366 g/mol. The summed E-state index contributed by atoms with van der Waals surface area (Å²) >= 11 is 4.99. The highest BCUT2D eigenvalue weighted by molar-refractivity contribution is 9.10. The standard InChI is InChI=1S/C13H11BrF3NOS/c1-8-10(14)6-9(20-8)7-18-11-4-2-3-5-12(11)19-13(15,16)17/h2-6,18H,7H2,1H3. The van der Waals surface area contributed by atoms with Gasteiger partial charge in [0.15, 0.2) is 5.75 Å². The lowest BCUT2D eigenvalue weighted by atomic mass is 10.3. The van der Waals surface area contributed by atoms with Crippen LogP contribution in [-0.4, -0.2) is 6.36 Å². The molecule has 1 heterocycles. The second-order valence-electron chi connectivity index (χ2n) is 4.01. The zero-order valence-corrected chi connectivity index (χ0v) is 12.8. The van der Waals surface area contributed by atoms with E-state index in [1.54, 1.807) is 23.5 Å². The Morgan fingerprint density at radius 3 is 2.60 bits per heavy atom. The number of rotatable bonds is 4. The third-order valence-corrected chi connectivity index (χ3v) is 4.61. The molecule has 1 N–H and O–H groups in total. The molecule has 108 valence electrons. The maximum atomic E-state index is 12.3. The minimum Gasteiger partial charge on any atom is -0.404 e. The van der Waals surface area contributed by atoms with Gasteiger partial charge >= 0.3 is 6.36 Å². The number of aryl methyl sites for hydroxylation is 1. The van der Waals surface area contributed by atoms with Crippen LogP contribution in [0.25, 0.3) is 0 Å². The third kappa shape index (κ3) is 4.14. The molecule has 0 aliphatic heterocycles. The number of nitrogens with one attached hydrogen (secondary N) is 1. The van der Waals surface area contributed by atoms with Crippen LogP contribution in [0.1, 0.15) is 9.75 Å². The Bertz CT molecular complexity index is 578. The largest absolute Gasteiger partial charge is 0.573 e. The molecule has 2 aromatic rings. The second kappa shape index (κ2) is 6.05. The van der Waals surface area contributed by atoms with E-state index >= 15 is 0 Å². The number of alkyl halides is 3. The lowest BCUT2D eigenvalue weighted by Crippen LogP contribution is -2.18. The molecule has 2 rings (SSSR count). The fraction of sp³-hybridized carbons (Fsp3) is 0.231. The Balaban J connectivity index is 2.09. The second-order valence-corrected chi connectivity index (χ2v) is 6.21. The minimum atomic E-state index is -4.69. The van der Waals surface area contributed by atoms with Crippen molar-refractivity contribution >= 4 is 33.0 Å². The van der Waals surface area contributed by atoms with E-state index in [-0.39, 0.29) is 5.75 Å². The van der Waals surface area contributed by atoms with Crippen LogP contribution in [0, 0.1) is 6.92 Å². The van der Waals surface area contributed by atoms with Crippen LogP contribution < -0.4 is 10.1 Å². The monoisotopic (exact) mass is 365 g/mol. The lowest BCUT2D eigenvalue weighted by Gasteiger charge is -2.14. The van der Waals surface area contributed by atoms with Gasteiger partial charge in [-0.25, -0.2) is 0 Å². The quantitative estimate of drug-likeness (QED) is 0.790. The van der Waals surface area contributed by atoms with Crippen molar-refractivity contribution in [3.8, 4) is 5.75 Å². The molecule has 0 spiro atoms. The van der Waals surface area contributed by atoms with Crippen molar-refractivity contribution in [3.05, 3.63) is 44.6 Å². The molecule has 0 unspecified atom stereocenters. The van der Waals surface area contributed by atoms with Gasteiger partial charge in [0.2, 0.25) is 0 Å². The summed E-state index contributed by atoms with van der Waals surface area (Å²) in [5.74, 6) is -0.229. The number of thiophene rings is 1. The molecule has 0 aliphatic rings. The first-order chi connectivity index (χ1) is 9.35.